The summed E-state index contributed by atoms with van der Waals surface area (Å²) in [4.78, 5) is 8.99. The molecule has 2 aromatic heterocycles. The molecular weight excluding hydrogens is 268 g/mol. The zero-order valence-electron chi connectivity index (χ0n) is 11.0. The topological polar surface area (TPSA) is 38.9 Å². The van der Waals surface area contributed by atoms with Crippen LogP contribution < -0.4 is 0 Å². The third kappa shape index (κ3) is 1.98. The fourth-order valence-electron chi connectivity index (χ4n) is 2.36. The van der Waals surface area contributed by atoms with E-state index in [1.165, 1.54) is 10.3 Å². The predicted molar refractivity (Wildman–Crippen MR) is 81.2 cm³/mol. The standard InChI is InChI=1S/C16H12N2OS/c1-10-17-13-7-6-11(8-15(13)20-10)9-16-18-12-4-2-3-5-14(12)19-16/h2-8H,9H2,1H3. The fourth-order valence-corrected chi connectivity index (χ4v) is 3.26. The van der Waals surface area contributed by atoms with Gasteiger partial charge in [0.25, 0.3) is 0 Å². The van der Waals surface area contributed by atoms with Gasteiger partial charge >= 0.3 is 0 Å². The van der Waals surface area contributed by atoms with E-state index in [0.29, 0.717) is 6.42 Å². The quantitative estimate of drug-likeness (QED) is 0.548. The van der Waals surface area contributed by atoms with Crippen LogP contribution >= 0.6 is 11.3 Å². The summed E-state index contributed by atoms with van der Waals surface area (Å²) in [5.74, 6) is 0.756. The number of hydrogen-bond donors (Lipinski definition) is 0. The Morgan fingerprint density at radius 1 is 1.05 bits per heavy atom. The summed E-state index contributed by atoms with van der Waals surface area (Å²) in [7, 11) is 0. The summed E-state index contributed by atoms with van der Waals surface area (Å²) in [6.07, 6.45) is 0.710. The van der Waals surface area contributed by atoms with Gasteiger partial charge < -0.3 is 4.42 Å². The Bertz CT molecular complexity index is 874. The molecule has 0 radical (unpaired) electrons. The zero-order valence-corrected chi connectivity index (χ0v) is 11.8. The van der Waals surface area contributed by atoms with Crippen molar-refractivity contribution in [2.24, 2.45) is 0 Å². The molecule has 0 bridgehead atoms. The second kappa shape index (κ2) is 4.42. The molecule has 4 heteroatoms. The first-order valence-corrected chi connectivity index (χ1v) is 7.30. The largest absolute Gasteiger partial charge is 0.440 e. The van der Waals surface area contributed by atoms with Gasteiger partial charge in [0, 0.05) is 6.42 Å². The van der Waals surface area contributed by atoms with E-state index < -0.39 is 0 Å². The van der Waals surface area contributed by atoms with Crippen LogP contribution in [-0.4, -0.2) is 9.97 Å². The summed E-state index contributed by atoms with van der Waals surface area (Å²) < 4.78 is 6.98. The van der Waals surface area contributed by atoms with Gasteiger partial charge in [-0.2, -0.15) is 0 Å². The molecule has 0 aliphatic heterocycles. The first kappa shape index (κ1) is 11.6. The second-order valence-corrected chi connectivity index (χ2v) is 6.02. The fraction of sp³-hybridized carbons (Fsp3) is 0.125. The predicted octanol–water partition coefficient (Wildman–Crippen LogP) is 4.34. The van der Waals surface area contributed by atoms with Crippen molar-refractivity contribution in [3.05, 3.63) is 58.9 Å². The van der Waals surface area contributed by atoms with Gasteiger partial charge in [-0.3, -0.25) is 0 Å². The second-order valence-electron chi connectivity index (χ2n) is 4.79. The van der Waals surface area contributed by atoms with Crippen molar-refractivity contribution < 1.29 is 4.42 Å². The van der Waals surface area contributed by atoms with Gasteiger partial charge in [-0.1, -0.05) is 18.2 Å². The van der Waals surface area contributed by atoms with Gasteiger partial charge in [0.2, 0.25) is 0 Å². The van der Waals surface area contributed by atoms with E-state index in [9.17, 15) is 0 Å². The van der Waals surface area contributed by atoms with Crippen molar-refractivity contribution in [2.75, 3.05) is 0 Å². The highest BCUT2D eigenvalue weighted by Crippen LogP contribution is 2.24. The van der Waals surface area contributed by atoms with E-state index in [-0.39, 0.29) is 0 Å². The third-order valence-electron chi connectivity index (χ3n) is 3.25. The molecule has 0 aliphatic carbocycles. The molecule has 2 heterocycles. The molecule has 0 unspecified atom stereocenters. The van der Waals surface area contributed by atoms with Crippen LogP contribution in [0.25, 0.3) is 21.3 Å². The number of benzene rings is 2. The van der Waals surface area contributed by atoms with E-state index >= 15 is 0 Å². The van der Waals surface area contributed by atoms with Crippen molar-refractivity contribution in [3.63, 3.8) is 0 Å². The van der Waals surface area contributed by atoms with E-state index in [0.717, 1.165) is 27.5 Å². The average molecular weight is 280 g/mol. The third-order valence-corrected chi connectivity index (χ3v) is 4.19. The SMILES string of the molecule is Cc1nc2ccc(Cc3nc4ccccc4o3)cc2s1. The number of rotatable bonds is 2. The normalized spacial score (nSPS) is 11.4. The van der Waals surface area contributed by atoms with E-state index in [1.54, 1.807) is 11.3 Å². The first-order chi connectivity index (χ1) is 9.78. The Hall–Kier alpha value is -2.20. The molecule has 0 atom stereocenters. The van der Waals surface area contributed by atoms with Crippen molar-refractivity contribution >= 4 is 32.7 Å². The average Bonchev–Trinajstić information content (AvgIpc) is 2.99. The minimum Gasteiger partial charge on any atom is -0.440 e. The van der Waals surface area contributed by atoms with Crippen LogP contribution in [0, 0.1) is 6.92 Å². The molecule has 0 spiro atoms. The number of hydrogen-bond acceptors (Lipinski definition) is 4. The van der Waals surface area contributed by atoms with Crippen LogP contribution in [0.1, 0.15) is 16.5 Å². The molecule has 20 heavy (non-hydrogen) atoms. The van der Waals surface area contributed by atoms with Gasteiger partial charge in [-0.05, 0) is 36.8 Å². The Labute approximate surface area is 119 Å². The molecule has 4 aromatic rings. The van der Waals surface area contributed by atoms with E-state index in [2.05, 4.69) is 28.2 Å². The van der Waals surface area contributed by atoms with Crippen LogP contribution in [0.2, 0.25) is 0 Å². The monoisotopic (exact) mass is 280 g/mol. The maximum atomic E-state index is 5.77. The summed E-state index contributed by atoms with van der Waals surface area (Å²) in [6.45, 7) is 2.03. The number of para-hydroxylation sites is 2. The van der Waals surface area contributed by atoms with Crippen LogP contribution in [0.15, 0.2) is 46.9 Å². The molecular formula is C16H12N2OS. The molecule has 0 N–H and O–H groups in total. The number of aromatic nitrogens is 2. The summed E-state index contributed by atoms with van der Waals surface area (Å²) >= 11 is 1.72. The maximum Gasteiger partial charge on any atom is 0.199 e. The van der Waals surface area contributed by atoms with Gasteiger partial charge in [-0.25, -0.2) is 9.97 Å². The zero-order chi connectivity index (χ0) is 13.5. The highest BCUT2D eigenvalue weighted by atomic mass is 32.1. The van der Waals surface area contributed by atoms with Crippen molar-refractivity contribution in [1.29, 1.82) is 0 Å². The number of thiazole rings is 1. The number of nitrogens with zero attached hydrogens (tertiary/aromatic N) is 2. The highest BCUT2D eigenvalue weighted by molar-refractivity contribution is 7.18. The molecule has 0 aliphatic rings. The molecule has 0 amide bonds. The molecule has 0 saturated carbocycles. The summed E-state index contributed by atoms with van der Waals surface area (Å²) in [5, 5.41) is 1.10. The number of fused-ring (bicyclic) bond motifs is 2. The van der Waals surface area contributed by atoms with Crippen molar-refractivity contribution in [3.8, 4) is 0 Å². The molecule has 0 fully saturated rings. The molecule has 3 nitrogen and oxygen atoms in total. The lowest BCUT2D eigenvalue weighted by Gasteiger charge is -1.96. The van der Waals surface area contributed by atoms with Crippen molar-refractivity contribution in [1.82, 2.24) is 9.97 Å². The van der Waals surface area contributed by atoms with Gasteiger partial charge in [0.05, 0.1) is 15.2 Å². The summed E-state index contributed by atoms with van der Waals surface area (Å²) in [5.41, 5.74) is 4.02. The Balaban J connectivity index is 1.72. The van der Waals surface area contributed by atoms with Gasteiger partial charge in [0.15, 0.2) is 11.5 Å². The molecule has 0 saturated heterocycles. The number of oxazole rings is 1. The smallest absolute Gasteiger partial charge is 0.199 e. The molecule has 4 rings (SSSR count). The van der Waals surface area contributed by atoms with Gasteiger partial charge in [-0.15, -0.1) is 11.3 Å². The lowest BCUT2D eigenvalue weighted by molar-refractivity contribution is 0.544. The van der Waals surface area contributed by atoms with Crippen LogP contribution in [0.3, 0.4) is 0 Å². The minimum absolute atomic E-state index is 0.710. The summed E-state index contributed by atoms with van der Waals surface area (Å²) in [6, 6.07) is 14.2. The van der Waals surface area contributed by atoms with Crippen molar-refractivity contribution in [2.45, 2.75) is 13.3 Å². The van der Waals surface area contributed by atoms with Crippen LogP contribution in [-0.2, 0) is 6.42 Å². The maximum absolute atomic E-state index is 5.77. The Morgan fingerprint density at radius 3 is 2.85 bits per heavy atom. The Morgan fingerprint density at radius 2 is 1.95 bits per heavy atom. The highest BCUT2D eigenvalue weighted by Gasteiger charge is 2.07. The molecule has 2 aromatic carbocycles. The lowest BCUT2D eigenvalue weighted by atomic mass is 10.1. The number of aryl methyl sites for hydroxylation is 1. The van der Waals surface area contributed by atoms with Gasteiger partial charge in [0.1, 0.15) is 5.52 Å². The van der Waals surface area contributed by atoms with Crippen LogP contribution in [0.5, 0.6) is 0 Å². The van der Waals surface area contributed by atoms with E-state index in [4.69, 9.17) is 4.42 Å². The minimum atomic E-state index is 0.710. The van der Waals surface area contributed by atoms with Crippen LogP contribution in [0.4, 0.5) is 0 Å². The van der Waals surface area contributed by atoms with E-state index in [1.807, 2.05) is 31.2 Å². The molecule has 98 valence electrons. The first-order valence-electron chi connectivity index (χ1n) is 6.48. The Kier molecular flexibility index (Phi) is 2.57. The lowest BCUT2D eigenvalue weighted by Crippen LogP contribution is -1.87.